The first-order chi connectivity index (χ1) is 7.81. The van der Waals surface area contributed by atoms with Gasteiger partial charge in [-0.2, -0.15) is 0 Å². The van der Waals surface area contributed by atoms with E-state index in [4.69, 9.17) is 0 Å². The Morgan fingerprint density at radius 3 is 2.94 bits per heavy atom. The van der Waals surface area contributed by atoms with Gasteiger partial charge in [0.1, 0.15) is 0 Å². The van der Waals surface area contributed by atoms with Crippen molar-refractivity contribution in [3.05, 3.63) is 48.5 Å². The smallest absolute Gasteiger partial charge is 0.310 e. The summed E-state index contributed by atoms with van der Waals surface area (Å²) in [6, 6.07) is 7.68. The fourth-order valence-electron chi connectivity index (χ4n) is 1.54. The third-order valence-corrected chi connectivity index (χ3v) is 2.34. The molecule has 2 aromatic rings. The Hall–Kier alpha value is -2.10. The SMILES string of the molecule is COC(=O)Cc1ccccc1-n1ccnc1. The van der Waals surface area contributed by atoms with Crippen LogP contribution in [-0.4, -0.2) is 22.6 Å². The molecular weight excluding hydrogens is 204 g/mol. The van der Waals surface area contributed by atoms with E-state index in [1.807, 2.05) is 35.0 Å². The highest BCUT2D eigenvalue weighted by Gasteiger charge is 2.08. The molecule has 0 aliphatic rings. The van der Waals surface area contributed by atoms with Gasteiger partial charge in [-0.15, -0.1) is 0 Å². The first-order valence-corrected chi connectivity index (χ1v) is 4.94. The second-order valence-corrected chi connectivity index (χ2v) is 3.35. The van der Waals surface area contributed by atoms with Crippen molar-refractivity contribution < 1.29 is 9.53 Å². The molecule has 1 aromatic carbocycles. The van der Waals surface area contributed by atoms with E-state index >= 15 is 0 Å². The second kappa shape index (κ2) is 4.61. The summed E-state index contributed by atoms with van der Waals surface area (Å²) in [5.74, 6) is -0.243. The number of hydrogen-bond acceptors (Lipinski definition) is 3. The number of hydrogen-bond donors (Lipinski definition) is 0. The lowest BCUT2D eigenvalue weighted by Crippen LogP contribution is -2.07. The molecule has 0 N–H and O–H groups in total. The molecule has 1 aromatic heterocycles. The molecule has 2 rings (SSSR count). The van der Waals surface area contributed by atoms with E-state index in [1.54, 1.807) is 12.5 Å². The quantitative estimate of drug-likeness (QED) is 0.732. The van der Waals surface area contributed by atoms with E-state index in [0.29, 0.717) is 0 Å². The molecule has 0 saturated heterocycles. The van der Waals surface area contributed by atoms with Crippen molar-refractivity contribution in [1.82, 2.24) is 9.55 Å². The summed E-state index contributed by atoms with van der Waals surface area (Å²) >= 11 is 0. The zero-order chi connectivity index (χ0) is 11.4. The van der Waals surface area contributed by atoms with Gasteiger partial charge >= 0.3 is 5.97 Å². The summed E-state index contributed by atoms with van der Waals surface area (Å²) in [6.45, 7) is 0. The number of methoxy groups -OCH3 is 1. The van der Waals surface area contributed by atoms with E-state index in [1.165, 1.54) is 7.11 Å². The van der Waals surface area contributed by atoms with Gasteiger partial charge in [0.2, 0.25) is 0 Å². The Morgan fingerprint density at radius 1 is 1.44 bits per heavy atom. The largest absolute Gasteiger partial charge is 0.469 e. The first-order valence-electron chi connectivity index (χ1n) is 4.94. The standard InChI is InChI=1S/C12H12N2O2/c1-16-12(15)8-10-4-2-3-5-11(10)14-7-6-13-9-14/h2-7,9H,8H2,1H3. The highest BCUT2D eigenvalue weighted by Crippen LogP contribution is 2.14. The number of rotatable bonds is 3. The molecule has 0 fully saturated rings. The third-order valence-electron chi connectivity index (χ3n) is 2.34. The number of benzene rings is 1. The van der Waals surface area contributed by atoms with E-state index in [2.05, 4.69) is 9.72 Å². The molecule has 82 valence electrons. The van der Waals surface area contributed by atoms with Crippen molar-refractivity contribution in [1.29, 1.82) is 0 Å². The van der Waals surface area contributed by atoms with Gasteiger partial charge in [0.15, 0.2) is 0 Å². The first kappa shape index (κ1) is 10.4. The lowest BCUT2D eigenvalue weighted by atomic mass is 10.1. The van der Waals surface area contributed by atoms with Gasteiger partial charge in [0, 0.05) is 12.4 Å². The van der Waals surface area contributed by atoms with E-state index in [0.717, 1.165) is 11.3 Å². The zero-order valence-corrected chi connectivity index (χ0v) is 8.96. The molecule has 0 spiro atoms. The molecule has 0 aliphatic heterocycles. The number of imidazole rings is 1. The highest BCUT2D eigenvalue weighted by atomic mass is 16.5. The fourth-order valence-corrected chi connectivity index (χ4v) is 1.54. The number of aromatic nitrogens is 2. The van der Waals surface area contributed by atoms with Crippen LogP contribution in [0.5, 0.6) is 0 Å². The number of esters is 1. The predicted octanol–water partition coefficient (Wildman–Crippen LogP) is 1.59. The van der Waals surface area contributed by atoms with Crippen LogP contribution in [0.2, 0.25) is 0 Å². The molecule has 0 unspecified atom stereocenters. The van der Waals surface area contributed by atoms with Crippen molar-refractivity contribution in [3.8, 4) is 5.69 Å². The molecule has 16 heavy (non-hydrogen) atoms. The van der Waals surface area contributed by atoms with E-state index in [-0.39, 0.29) is 12.4 Å². The third kappa shape index (κ3) is 2.11. The van der Waals surface area contributed by atoms with Crippen molar-refractivity contribution in [3.63, 3.8) is 0 Å². The number of para-hydroxylation sites is 1. The Labute approximate surface area is 93.5 Å². The highest BCUT2D eigenvalue weighted by molar-refractivity contribution is 5.73. The maximum atomic E-state index is 11.3. The van der Waals surface area contributed by atoms with Crippen LogP contribution < -0.4 is 0 Å². The minimum atomic E-state index is -0.243. The van der Waals surface area contributed by atoms with Gasteiger partial charge in [-0.25, -0.2) is 4.98 Å². The number of carbonyl (C=O) groups is 1. The minimum absolute atomic E-state index is 0.243. The Morgan fingerprint density at radius 2 is 2.25 bits per heavy atom. The van der Waals surface area contributed by atoms with Gasteiger partial charge in [0.05, 0.1) is 25.5 Å². The van der Waals surface area contributed by atoms with Crippen LogP contribution >= 0.6 is 0 Å². The molecule has 0 bridgehead atoms. The average molecular weight is 216 g/mol. The molecule has 4 heteroatoms. The van der Waals surface area contributed by atoms with Gasteiger partial charge in [-0.1, -0.05) is 18.2 Å². The average Bonchev–Trinajstić information content (AvgIpc) is 2.83. The summed E-state index contributed by atoms with van der Waals surface area (Å²) < 4.78 is 6.54. The van der Waals surface area contributed by atoms with Crippen LogP contribution in [0.3, 0.4) is 0 Å². The lowest BCUT2D eigenvalue weighted by Gasteiger charge is -2.08. The van der Waals surface area contributed by atoms with E-state index in [9.17, 15) is 4.79 Å². The van der Waals surface area contributed by atoms with Crippen LogP contribution in [0.25, 0.3) is 5.69 Å². The van der Waals surface area contributed by atoms with Gasteiger partial charge in [0.25, 0.3) is 0 Å². The van der Waals surface area contributed by atoms with Crippen molar-refractivity contribution in [2.45, 2.75) is 6.42 Å². The summed E-state index contributed by atoms with van der Waals surface area (Å²) in [7, 11) is 1.39. The minimum Gasteiger partial charge on any atom is -0.469 e. The van der Waals surface area contributed by atoms with Gasteiger partial charge < -0.3 is 9.30 Å². The Bertz CT molecular complexity index is 478. The topological polar surface area (TPSA) is 44.1 Å². The van der Waals surface area contributed by atoms with Crippen molar-refractivity contribution in [2.24, 2.45) is 0 Å². The Kier molecular flexibility index (Phi) is 3.00. The molecule has 0 amide bonds. The molecule has 0 atom stereocenters. The van der Waals surface area contributed by atoms with E-state index < -0.39 is 0 Å². The van der Waals surface area contributed by atoms with Crippen LogP contribution in [0.1, 0.15) is 5.56 Å². The molecule has 0 saturated carbocycles. The number of carbonyl (C=O) groups excluding carboxylic acids is 1. The van der Waals surface area contributed by atoms with Gasteiger partial charge in [-0.05, 0) is 11.6 Å². The molecular formula is C12H12N2O2. The maximum Gasteiger partial charge on any atom is 0.310 e. The second-order valence-electron chi connectivity index (χ2n) is 3.35. The molecule has 4 nitrogen and oxygen atoms in total. The zero-order valence-electron chi connectivity index (χ0n) is 8.96. The molecule has 1 heterocycles. The Balaban J connectivity index is 2.35. The summed E-state index contributed by atoms with van der Waals surface area (Å²) in [5.41, 5.74) is 1.87. The predicted molar refractivity (Wildman–Crippen MR) is 59.3 cm³/mol. The fraction of sp³-hybridized carbons (Fsp3) is 0.167. The lowest BCUT2D eigenvalue weighted by molar-refractivity contribution is -0.139. The monoisotopic (exact) mass is 216 g/mol. The summed E-state index contributed by atoms with van der Waals surface area (Å²) in [5, 5.41) is 0. The van der Waals surface area contributed by atoms with Crippen LogP contribution in [0.4, 0.5) is 0 Å². The normalized spacial score (nSPS) is 10.1. The van der Waals surface area contributed by atoms with Crippen LogP contribution in [-0.2, 0) is 16.0 Å². The van der Waals surface area contributed by atoms with Crippen molar-refractivity contribution in [2.75, 3.05) is 7.11 Å². The maximum absolute atomic E-state index is 11.3. The summed E-state index contributed by atoms with van der Waals surface area (Å²) in [6.07, 6.45) is 5.52. The summed E-state index contributed by atoms with van der Waals surface area (Å²) in [4.78, 5) is 15.2. The van der Waals surface area contributed by atoms with Crippen LogP contribution in [0.15, 0.2) is 43.0 Å². The molecule has 0 aliphatic carbocycles. The van der Waals surface area contributed by atoms with Gasteiger partial charge in [-0.3, -0.25) is 4.79 Å². The van der Waals surface area contributed by atoms with Crippen molar-refractivity contribution >= 4 is 5.97 Å². The number of nitrogens with zero attached hydrogens (tertiary/aromatic N) is 2. The van der Waals surface area contributed by atoms with Crippen LogP contribution in [0, 0.1) is 0 Å². The molecule has 0 radical (unpaired) electrons. The number of ether oxygens (including phenoxy) is 1.